The van der Waals surface area contributed by atoms with E-state index in [0.29, 0.717) is 6.61 Å². The first-order valence-electron chi connectivity index (χ1n) is 7.63. The SMILES string of the molecule is COCCN(Cc1ccc(C)cc1C)c1ncnc2[nH]ncc12. The fourth-order valence-electron chi connectivity index (χ4n) is 2.69. The van der Waals surface area contributed by atoms with Crippen LogP contribution in [0.1, 0.15) is 16.7 Å². The molecule has 0 radical (unpaired) electrons. The van der Waals surface area contributed by atoms with Gasteiger partial charge in [-0.2, -0.15) is 5.10 Å². The predicted octanol–water partition coefficient (Wildman–Crippen LogP) is 2.62. The van der Waals surface area contributed by atoms with Crippen LogP contribution in [0.2, 0.25) is 0 Å². The van der Waals surface area contributed by atoms with E-state index in [9.17, 15) is 0 Å². The average Bonchev–Trinajstić information content (AvgIpc) is 3.02. The minimum absolute atomic E-state index is 0.633. The first-order valence-corrected chi connectivity index (χ1v) is 7.63. The van der Waals surface area contributed by atoms with Gasteiger partial charge >= 0.3 is 0 Å². The molecule has 2 heterocycles. The molecular formula is C17H21N5O. The molecule has 0 bridgehead atoms. The van der Waals surface area contributed by atoms with Gasteiger partial charge in [0.15, 0.2) is 5.65 Å². The van der Waals surface area contributed by atoms with Crippen molar-refractivity contribution in [2.75, 3.05) is 25.2 Å². The lowest BCUT2D eigenvalue weighted by molar-refractivity contribution is 0.205. The Kier molecular flexibility index (Phi) is 4.52. The quantitative estimate of drug-likeness (QED) is 0.758. The van der Waals surface area contributed by atoms with E-state index in [1.165, 1.54) is 16.7 Å². The molecule has 2 aromatic heterocycles. The summed E-state index contributed by atoms with van der Waals surface area (Å²) < 4.78 is 5.27. The molecule has 3 aromatic rings. The van der Waals surface area contributed by atoms with E-state index in [0.717, 1.165) is 29.9 Å². The van der Waals surface area contributed by atoms with E-state index in [4.69, 9.17) is 4.74 Å². The zero-order chi connectivity index (χ0) is 16.2. The smallest absolute Gasteiger partial charge is 0.160 e. The van der Waals surface area contributed by atoms with Gasteiger partial charge in [-0.1, -0.05) is 23.8 Å². The normalized spacial score (nSPS) is 11.1. The summed E-state index contributed by atoms with van der Waals surface area (Å²) in [5.74, 6) is 0.876. The van der Waals surface area contributed by atoms with Crippen LogP contribution in [0.5, 0.6) is 0 Å². The largest absolute Gasteiger partial charge is 0.383 e. The summed E-state index contributed by atoms with van der Waals surface area (Å²) in [6, 6.07) is 6.53. The second kappa shape index (κ2) is 6.75. The van der Waals surface area contributed by atoms with E-state index >= 15 is 0 Å². The molecular weight excluding hydrogens is 290 g/mol. The predicted molar refractivity (Wildman–Crippen MR) is 90.5 cm³/mol. The van der Waals surface area contributed by atoms with E-state index in [1.54, 1.807) is 19.6 Å². The van der Waals surface area contributed by atoms with E-state index in [2.05, 4.69) is 57.1 Å². The van der Waals surface area contributed by atoms with Crippen molar-refractivity contribution in [1.82, 2.24) is 20.2 Å². The molecule has 0 spiro atoms. The van der Waals surface area contributed by atoms with Gasteiger partial charge in [-0.25, -0.2) is 9.97 Å². The van der Waals surface area contributed by atoms with Crippen LogP contribution in [-0.2, 0) is 11.3 Å². The molecule has 0 fully saturated rings. The van der Waals surface area contributed by atoms with Gasteiger partial charge in [0.05, 0.1) is 18.2 Å². The standard InChI is InChI=1S/C17H21N5O/c1-12-4-5-14(13(2)8-12)10-22(6-7-23-3)17-15-9-20-21-16(15)18-11-19-17/h4-5,8-9,11H,6-7,10H2,1-3H3,(H,18,19,20,21). The number of nitrogens with zero attached hydrogens (tertiary/aromatic N) is 4. The van der Waals surface area contributed by atoms with Gasteiger partial charge in [0.2, 0.25) is 0 Å². The van der Waals surface area contributed by atoms with Gasteiger partial charge < -0.3 is 9.64 Å². The Balaban J connectivity index is 1.95. The molecule has 0 unspecified atom stereocenters. The number of H-pyrrole nitrogens is 1. The number of benzene rings is 1. The lowest BCUT2D eigenvalue weighted by Gasteiger charge is -2.24. The van der Waals surface area contributed by atoms with Crippen LogP contribution in [-0.4, -0.2) is 40.4 Å². The zero-order valence-corrected chi connectivity index (χ0v) is 13.7. The zero-order valence-electron chi connectivity index (χ0n) is 13.7. The number of aromatic amines is 1. The van der Waals surface area contributed by atoms with Crippen LogP contribution < -0.4 is 4.90 Å². The minimum Gasteiger partial charge on any atom is -0.383 e. The van der Waals surface area contributed by atoms with Gasteiger partial charge in [0, 0.05) is 20.2 Å². The maximum absolute atomic E-state index is 5.27. The number of anilines is 1. The molecule has 0 saturated carbocycles. The summed E-state index contributed by atoms with van der Waals surface area (Å²) in [6.45, 7) is 6.41. The van der Waals surface area contributed by atoms with E-state index < -0.39 is 0 Å². The number of nitrogens with one attached hydrogen (secondary N) is 1. The van der Waals surface area contributed by atoms with Crippen molar-refractivity contribution in [3.8, 4) is 0 Å². The molecule has 1 N–H and O–H groups in total. The van der Waals surface area contributed by atoms with Gasteiger partial charge in [-0.05, 0) is 25.0 Å². The summed E-state index contributed by atoms with van der Waals surface area (Å²) in [7, 11) is 1.71. The summed E-state index contributed by atoms with van der Waals surface area (Å²) >= 11 is 0. The van der Waals surface area contributed by atoms with Gasteiger partial charge in [0.25, 0.3) is 0 Å². The lowest BCUT2D eigenvalue weighted by atomic mass is 10.1. The molecule has 23 heavy (non-hydrogen) atoms. The van der Waals surface area contributed by atoms with Crippen molar-refractivity contribution in [1.29, 1.82) is 0 Å². The Morgan fingerprint density at radius 1 is 1.22 bits per heavy atom. The maximum atomic E-state index is 5.27. The van der Waals surface area contributed by atoms with Gasteiger partial charge in [-0.15, -0.1) is 0 Å². The number of ether oxygens (including phenoxy) is 1. The molecule has 0 amide bonds. The number of hydrogen-bond donors (Lipinski definition) is 1. The average molecular weight is 311 g/mol. The van der Waals surface area contributed by atoms with Crippen LogP contribution in [0.3, 0.4) is 0 Å². The van der Waals surface area contributed by atoms with Crippen LogP contribution >= 0.6 is 0 Å². The topological polar surface area (TPSA) is 66.9 Å². The third kappa shape index (κ3) is 3.32. The molecule has 0 aliphatic rings. The van der Waals surface area contributed by atoms with Crippen LogP contribution in [0.15, 0.2) is 30.7 Å². The second-order valence-corrected chi connectivity index (χ2v) is 5.67. The van der Waals surface area contributed by atoms with Crippen molar-refractivity contribution in [2.24, 2.45) is 0 Å². The molecule has 3 rings (SSSR count). The first-order chi connectivity index (χ1) is 11.2. The van der Waals surface area contributed by atoms with Crippen molar-refractivity contribution in [3.05, 3.63) is 47.4 Å². The number of rotatable bonds is 6. The fourth-order valence-corrected chi connectivity index (χ4v) is 2.69. The Labute approximate surface area is 135 Å². The Morgan fingerprint density at radius 2 is 2.09 bits per heavy atom. The van der Waals surface area contributed by atoms with Crippen LogP contribution in [0.25, 0.3) is 11.0 Å². The number of methoxy groups -OCH3 is 1. The number of fused-ring (bicyclic) bond motifs is 1. The number of aromatic nitrogens is 4. The number of hydrogen-bond acceptors (Lipinski definition) is 5. The summed E-state index contributed by atoms with van der Waals surface area (Å²) in [5, 5.41) is 7.89. The summed E-state index contributed by atoms with van der Waals surface area (Å²) in [5.41, 5.74) is 4.58. The third-order valence-corrected chi connectivity index (χ3v) is 3.95. The number of aryl methyl sites for hydroxylation is 2. The highest BCUT2D eigenvalue weighted by atomic mass is 16.5. The molecule has 0 aliphatic heterocycles. The van der Waals surface area contributed by atoms with E-state index in [-0.39, 0.29) is 0 Å². The highest BCUT2D eigenvalue weighted by molar-refractivity contribution is 5.86. The Morgan fingerprint density at radius 3 is 2.87 bits per heavy atom. The molecule has 6 heteroatoms. The molecule has 6 nitrogen and oxygen atoms in total. The molecule has 0 atom stereocenters. The lowest BCUT2D eigenvalue weighted by Crippen LogP contribution is -2.28. The van der Waals surface area contributed by atoms with E-state index in [1.807, 2.05) is 0 Å². The summed E-state index contributed by atoms with van der Waals surface area (Å²) in [4.78, 5) is 10.9. The Bertz CT molecular complexity index is 799. The molecule has 0 aliphatic carbocycles. The second-order valence-electron chi connectivity index (χ2n) is 5.67. The minimum atomic E-state index is 0.633. The fraction of sp³-hybridized carbons (Fsp3) is 0.353. The summed E-state index contributed by atoms with van der Waals surface area (Å²) in [6.07, 6.45) is 3.34. The monoisotopic (exact) mass is 311 g/mol. The molecule has 1 aromatic carbocycles. The van der Waals surface area contributed by atoms with Crippen molar-refractivity contribution in [3.63, 3.8) is 0 Å². The highest BCUT2D eigenvalue weighted by Crippen LogP contribution is 2.23. The highest BCUT2D eigenvalue weighted by Gasteiger charge is 2.15. The third-order valence-electron chi connectivity index (χ3n) is 3.95. The van der Waals surface area contributed by atoms with Crippen molar-refractivity contribution in [2.45, 2.75) is 20.4 Å². The van der Waals surface area contributed by atoms with Crippen molar-refractivity contribution < 1.29 is 4.74 Å². The van der Waals surface area contributed by atoms with Crippen LogP contribution in [0, 0.1) is 13.8 Å². The van der Waals surface area contributed by atoms with Crippen LogP contribution in [0.4, 0.5) is 5.82 Å². The first kappa shape index (κ1) is 15.4. The molecule has 0 saturated heterocycles. The van der Waals surface area contributed by atoms with Gasteiger partial charge in [-0.3, -0.25) is 5.10 Å². The Hall–Kier alpha value is -2.47. The van der Waals surface area contributed by atoms with Crippen molar-refractivity contribution >= 4 is 16.9 Å². The molecule has 120 valence electrons. The van der Waals surface area contributed by atoms with Gasteiger partial charge in [0.1, 0.15) is 12.1 Å². The maximum Gasteiger partial charge on any atom is 0.160 e.